The molecular weight excluding hydrogens is 509 g/mol. The summed E-state index contributed by atoms with van der Waals surface area (Å²) in [5.74, 6) is 0.166. The molecule has 3 aromatic rings. The van der Waals surface area contributed by atoms with E-state index in [4.69, 9.17) is 0 Å². The molecule has 2 heterocycles. The van der Waals surface area contributed by atoms with E-state index in [2.05, 4.69) is 30.3 Å². The van der Waals surface area contributed by atoms with E-state index in [0.29, 0.717) is 12.6 Å². The molecule has 0 fully saturated rings. The van der Waals surface area contributed by atoms with Crippen molar-refractivity contribution in [1.82, 2.24) is 19.7 Å². The van der Waals surface area contributed by atoms with Crippen LogP contribution in [0.5, 0.6) is 0 Å². The maximum Gasteiger partial charge on any atom is 0.417 e. The van der Waals surface area contributed by atoms with Gasteiger partial charge in [-0.25, -0.2) is 36.5 Å². The molecule has 1 aromatic carbocycles. The second-order valence-corrected chi connectivity index (χ2v) is 11.1. The molecule has 0 amide bonds. The molecule has 0 saturated carbocycles. The number of benzene rings is 1. The van der Waals surface area contributed by atoms with Gasteiger partial charge in [0, 0.05) is 12.3 Å². The first kappa shape index (κ1) is 26.3. The van der Waals surface area contributed by atoms with Crippen LogP contribution in [0.25, 0.3) is 0 Å². The van der Waals surface area contributed by atoms with Crippen molar-refractivity contribution in [3.8, 4) is 0 Å². The molecule has 3 rings (SSSR count). The third-order valence-corrected chi connectivity index (χ3v) is 8.00. The normalized spacial score (nSPS) is 12.4. The van der Waals surface area contributed by atoms with Gasteiger partial charge in [-0.15, -0.1) is 0 Å². The van der Waals surface area contributed by atoms with Gasteiger partial charge in [0.25, 0.3) is 0 Å². The molecule has 0 spiro atoms. The lowest BCUT2D eigenvalue weighted by atomic mass is 10.3. The van der Waals surface area contributed by atoms with Crippen LogP contribution in [0.3, 0.4) is 0 Å². The molecule has 0 atom stereocenters. The third-order valence-electron chi connectivity index (χ3n) is 4.61. The standard InChI is InChI=1S/C20H21F3N6O4S2/c1-3-8-34(30,31)16-6-5-14(35(32,33)24-2)9-15(16)28-18-10-19(27-12-26-18)29-17-7-4-13(11-25-17)20(21,22)23/h4-7,9-12,24H,3,8H2,1-2H3,(H2,25,26,27,28,29). The number of halogens is 3. The van der Waals surface area contributed by atoms with Crippen LogP contribution >= 0.6 is 0 Å². The highest BCUT2D eigenvalue weighted by molar-refractivity contribution is 7.91. The topological polar surface area (TPSA) is 143 Å². The Balaban J connectivity index is 1.94. The molecule has 0 radical (unpaired) electrons. The molecule has 0 aliphatic rings. The molecule has 2 aromatic heterocycles. The Morgan fingerprint density at radius 1 is 0.886 bits per heavy atom. The van der Waals surface area contributed by atoms with E-state index in [1.165, 1.54) is 31.3 Å². The summed E-state index contributed by atoms with van der Waals surface area (Å²) >= 11 is 0. The zero-order chi connectivity index (χ0) is 25.9. The zero-order valence-electron chi connectivity index (χ0n) is 18.5. The lowest BCUT2D eigenvalue weighted by Crippen LogP contribution is -2.19. The molecule has 15 heteroatoms. The highest BCUT2D eigenvalue weighted by atomic mass is 32.2. The number of hydrogen-bond donors (Lipinski definition) is 3. The van der Waals surface area contributed by atoms with Crippen LogP contribution in [-0.2, 0) is 26.0 Å². The highest BCUT2D eigenvalue weighted by Gasteiger charge is 2.30. The van der Waals surface area contributed by atoms with Gasteiger partial charge in [-0.2, -0.15) is 13.2 Å². The largest absolute Gasteiger partial charge is 0.417 e. The van der Waals surface area contributed by atoms with Crippen LogP contribution in [0, 0.1) is 0 Å². The fraction of sp³-hybridized carbons (Fsp3) is 0.250. The van der Waals surface area contributed by atoms with Gasteiger partial charge in [-0.3, -0.25) is 0 Å². The summed E-state index contributed by atoms with van der Waals surface area (Å²) in [6, 6.07) is 6.89. The summed E-state index contributed by atoms with van der Waals surface area (Å²) in [6.07, 6.45) is -2.38. The predicted molar refractivity (Wildman–Crippen MR) is 123 cm³/mol. The minimum atomic E-state index is -4.53. The monoisotopic (exact) mass is 530 g/mol. The first-order chi connectivity index (χ1) is 16.4. The van der Waals surface area contributed by atoms with Crippen LogP contribution in [0.1, 0.15) is 18.9 Å². The number of sulfonamides is 1. The van der Waals surface area contributed by atoms with E-state index >= 15 is 0 Å². The van der Waals surface area contributed by atoms with Crippen molar-refractivity contribution in [3.63, 3.8) is 0 Å². The first-order valence-corrected chi connectivity index (χ1v) is 13.2. The minimum absolute atomic E-state index is 0.0212. The molecule has 10 nitrogen and oxygen atoms in total. The third kappa shape index (κ3) is 6.43. The summed E-state index contributed by atoms with van der Waals surface area (Å²) in [6.45, 7) is 1.70. The van der Waals surface area contributed by atoms with Crippen LogP contribution in [0.2, 0.25) is 0 Å². The van der Waals surface area contributed by atoms with Crippen molar-refractivity contribution >= 4 is 43.0 Å². The molecule has 188 valence electrons. The summed E-state index contributed by atoms with van der Waals surface area (Å²) < 4.78 is 90.3. The van der Waals surface area contributed by atoms with Crippen LogP contribution in [0.15, 0.2) is 58.7 Å². The Morgan fingerprint density at radius 3 is 2.14 bits per heavy atom. The van der Waals surface area contributed by atoms with E-state index < -0.39 is 31.6 Å². The number of pyridine rings is 1. The van der Waals surface area contributed by atoms with Crippen molar-refractivity contribution in [2.75, 3.05) is 23.4 Å². The van der Waals surface area contributed by atoms with E-state index in [-0.39, 0.29) is 38.7 Å². The number of nitrogens with one attached hydrogen (secondary N) is 3. The van der Waals surface area contributed by atoms with E-state index in [0.717, 1.165) is 18.5 Å². The average molecular weight is 531 g/mol. The Hall–Kier alpha value is -3.30. The fourth-order valence-corrected chi connectivity index (χ4v) is 5.17. The van der Waals surface area contributed by atoms with Gasteiger partial charge in [-0.05, 0) is 43.8 Å². The molecular formula is C20H21F3N6O4S2. The van der Waals surface area contributed by atoms with E-state index in [1.807, 2.05) is 0 Å². The second-order valence-electron chi connectivity index (χ2n) is 7.15. The Kier molecular flexibility index (Phi) is 7.62. The number of hydrogen-bond acceptors (Lipinski definition) is 9. The predicted octanol–water partition coefficient (Wildman–Crippen LogP) is 3.47. The Labute approximate surface area is 200 Å². The van der Waals surface area contributed by atoms with Crippen molar-refractivity contribution in [2.45, 2.75) is 29.3 Å². The van der Waals surface area contributed by atoms with Crippen molar-refractivity contribution in [3.05, 3.63) is 54.5 Å². The summed E-state index contributed by atoms with van der Waals surface area (Å²) in [5, 5.41) is 5.52. The van der Waals surface area contributed by atoms with Gasteiger partial charge in [0.1, 0.15) is 23.8 Å². The summed E-state index contributed by atoms with van der Waals surface area (Å²) in [4.78, 5) is 11.4. The number of rotatable bonds is 9. The number of aromatic nitrogens is 3. The lowest BCUT2D eigenvalue weighted by molar-refractivity contribution is -0.137. The number of nitrogens with zero attached hydrogens (tertiary/aromatic N) is 3. The van der Waals surface area contributed by atoms with Crippen LogP contribution in [0.4, 0.5) is 36.3 Å². The van der Waals surface area contributed by atoms with Gasteiger partial charge in [0.15, 0.2) is 9.84 Å². The number of anilines is 4. The summed E-state index contributed by atoms with van der Waals surface area (Å²) in [5.41, 5.74) is -0.933. The average Bonchev–Trinajstić information content (AvgIpc) is 2.79. The van der Waals surface area contributed by atoms with Crippen molar-refractivity contribution in [1.29, 1.82) is 0 Å². The van der Waals surface area contributed by atoms with Crippen molar-refractivity contribution < 1.29 is 30.0 Å². The maximum atomic E-state index is 12.7. The SMILES string of the molecule is CCCS(=O)(=O)c1ccc(S(=O)(=O)NC)cc1Nc1cc(Nc2ccc(C(F)(F)F)cn2)ncn1. The molecule has 0 unspecified atom stereocenters. The zero-order valence-corrected chi connectivity index (χ0v) is 20.1. The van der Waals surface area contributed by atoms with Crippen LogP contribution in [-0.4, -0.2) is 44.6 Å². The van der Waals surface area contributed by atoms with Gasteiger partial charge in [-0.1, -0.05) is 6.92 Å². The summed E-state index contributed by atoms with van der Waals surface area (Å²) in [7, 11) is -6.39. The molecule has 0 saturated heterocycles. The van der Waals surface area contributed by atoms with Gasteiger partial charge in [0.2, 0.25) is 10.0 Å². The smallest absolute Gasteiger partial charge is 0.339 e. The second kappa shape index (κ2) is 10.1. The fourth-order valence-electron chi connectivity index (χ4n) is 2.94. The number of sulfone groups is 1. The Bertz CT molecular complexity index is 1410. The molecule has 3 N–H and O–H groups in total. The molecule has 35 heavy (non-hydrogen) atoms. The minimum Gasteiger partial charge on any atom is -0.339 e. The number of alkyl halides is 3. The van der Waals surface area contributed by atoms with Crippen molar-refractivity contribution in [2.24, 2.45) is 0 Å². The Morgan fingerprint density at radius 2 is 1.57 bits per heavy atom. The molecule has 0 aliphatic heterocycles. The highest BCUT2D eigenvalue weighted by Crippen LogP contribution is 2.31. The first-order valence-electron chi connectivity index (χ1n) is 10.1. The van der Waals surface area contributed by atoms with Gasteiger partial charge in [0.05, 0.1) is 26.8 Å². The van der Waals surface area contributed by atoms with E-state index in [1.54, 1.807) is 6.92 Å². The molecule has 0 bridgehead atoms. The van der Waals surface area contributed by atoms with Gasteiger partial charge < -0.3 is 10.6 Å². The quantitative estimate of drug-likeness (QED) is 0.379. The molecule has 0 aliphatic carbocycles. The van der Waals surface area contributed by atoms with Gasteiger partial charge >= 0.3 is 6.18 Å². The van der Waals surface area contributed by atoms with E-state index in [9.17, 15) is 30.0 Å². The maximum absolute atomic E-state index is 12.7. The lowest BCUT2D eigenvalue weighted by Gasteiger charge is -2.14. The van der Waals surface area contributed by atoms with Crippen LogP contribution < -0.4 is 15.4 Å².